The van der Waals surface area contributed by atoms with E-state index in [9.17, 15) is 9.59 Å². The largest absolute Gasteiger partial charge is 0.424 e. The topological polar surface area (TPSA) is 101 Å². The Kier molecular flexibility index (Phi) is 4.09. The highest BCUT2D eigenvalue weighted by Crippen LogP contribution is 2.28. The van der Waals surface area contributed by atoms with E-state index in [1.165, 1.54) is 0 Å². The first-order chi connectivity index (χ1) is 12.6. The first kappa shape index (κ1) is 16.5. The standard InChI is InChI=1S/C18H18N4O4/c1-11-7-15(14-3-2-6-25-14)26-18(24)16(11)17(23)21-4-5-22-13(10-21)8-12(9-19)20-22/h7-8,14H,2-6,10H2,1H3. The molecule has 2 aromatic heterocycles. The zero-order chi connectivity index (χ0) is 18.3. The van der Waals surface area contributed by atoms with E-state index in [0.717, 1.165) is 18.5 Å². The number of nitriles is 1. The summed E-state index contributed by atoms with van der Waals surface area (Å²) in [4.78, 5) is 27.0. The number of rotatable bonds is 2. The lowest BCUT2D eigenvalue weighted by Gasteiger charge is -2.27. The SMILES string of the molecule is Cc1cc(C2CCCO2)oc(=O)c1C(=O)N1CCn2nc(C#N)cc2C1. The van der Waals surface area contributed by atoms with E-state index >= 15 is 0 Å². The van der Waals surface area contributed by atoms with E-state index in [1.807, 2.05) is 6.07 Å². The Morgan fingerprint density at radius 1 is 1.38 bits per heavy atom. The number of hydrogen-bond acceptors (Lipinski definition) is 6. The van der Waals surface area contributed by atoms with Crippen LogP contribution in [0, 0.1) is 18.3 Å². The minimum absolute atomic E-state index is 0.0558. The lowest BCUT2D eigenvalue weighted by atomic mass is 10.1. The van der Waals surface area contributed by atoms with E-state index < -0.39 is 5.63 Å². The molecule has 0 radical (unpaired) electrons. The number of amides is 1. The van der Waals surface area contributed by atoms with Crippen molar-refractivity contribution in [1.29, 1.82) is 5.26 Å². The molecule has 8 nitrogen and oxygen atoms in total. The summed E-state index contributed by atoms with van der Waals surface area (Å²) in [5, 5.41) is 13.1. The average Bonchev–Trinajstić information content (AvgIpc) is 3.29. The number of hydrogen-bond donors (Lipinski definition) is 0. The van der Waals surface area contributed by atoms with Gasteiger partial charge in [0.1, 0.15) is 23.5 Å². The third-order valence-electron chi connectivity index (χ3n) is 4.83. The summed E-state index contributed by atoms with van der Waals surface area (Å²) in [6.07, 6.45) is 1.53. The maximum atomic E-state index is 12.9. The number of ether oxygens (including phenoxy) is 1. The fraction of sp³-hybridized carbons (Fsp3) is 0.444. The first-order valence-electron chi connectivity index (χ1n) is 8.59. The fourth-order valence-corrected chi connectivity index (χ4v) is 3.50. The normalized spacial score (nSPS) is 19.2. The van der Waals surface area contributed by atoms with E-state index in [4.69, 9.17) is 14.4 Å². The summed E-state index contributed by atoms with van der Waals surface area (Å²) in [7, 11) is 0. The van der Waals surface area contributed by atoms with Crippen LogP contribution < -0.4 is 5.63 Å². The highest BCUT2D eigenvalue weighted by molar-refractivity contribution is 5.95. The zero-order valence-electron chi connectivity index (χ0n) is 14.4. The molecule has 0 spiro atoms. The molecule has 4 rings (SSSR count). The summed E-state index contributed by atoms with van der Waals surface area (Å²) in [6.45, 7) is 3.61. The summed E-state index contributed by atoms with van der Waals surface area (Å²) < 4.78 is 12.7. The summed E-state index contributed by atoms with van der Waals surface area (Å²) in [5.74, 6) is 0.123. The third kappa shape index (κ3) is 2.80. The van der Waals surface area contributed by atoms with Gasteiger partial charge in [-0.3, -0.25) is 9.48 Å². The molecule has 1 amide bonds. The molecule has 0 N–H and O–H groups in total. The molecule has 1 atom stereocenters. The molecule has 0 aliphatic carbocycles. The van der Waals surface area contributed by atoms with Crippen LogP contribution in [-0.2, 0) is 17.8 Å². The van der Waals surface area contributed by atoms with E-state index in [1.54, 1.807) is 28.6 Å². The highest BCUT2D eigenvalue weighted by Gasteiger charge is 2.29. The highest BCUT2D eigenvalue weighted by atomic mass is 16.5. The van der Waals surface area contributed by atoms with Crippen molar-refractivity contribution >= 4 is 5.91 Å². The second-order valence-electron chi connectivity index (χ2n) is 6.58. The van der Waals surface area contributed by atoms with E-state index in [2.05, 4.69) is 5.10 Å². The molecule has 0 aromatic carbocycles. The van der Waals surface area contributed by atoms with Gasteiger partial charge in [0.05, 0.1) is 18.8 Å². The Labute approximate surface area is 149 Å². The van der Waals surface area contributed by atoms with Crippen molar-refractivity contribution in [3.63, 3.8) is 0 Å². The van der Waals surface area contributed by atoms with Crippen molar-refractivity contribution in [1.82, 2.24) is 14.7 Å². The van der Waals surface area contributed by atoms with Gasteiger partial charge in [-0.15, -0.1) is 0 Å². The second kappa shape index (κ2) is 6.42. The molecular weight excluding hydrogens is 336 g/mol. The predicted octanol–water partition coefficient (Wildman–Crippen LogP) is 1.52. The molecule has 1 unspecified atom stereocenters. The Morgan fingerprint density at radius 3 is 2.92 bits per heavy atom. The van der Waals surface area contributed by atoms with Crippen molar-refractivity contribution < 1.29 is 13.9 Å². The number of aryl methyl sites for hydroxylation is 1. The molecule has 26 heavy (non-hydrogen) atoms. The van der Waals surface area contributed by atoms with Gasteiger partial charge < -0.3 is 14.1 Å². The Balaban J connectivity index is 1.60. The number of carbonyl (C=O) groups excluding carboxylic acids is 1. The zero-order valence-corrected chi connectivity index (χ0v) is 14.4. The predicted molar refractivity (Wildman–Crippen MR) is 89.3 cm³/mol. The summed E-state index contributed by atoms with van der Waals surface area (Å²) in [6, 6.07) is 5.39. The summed E-state index contributed by atoms with van der Waals surface area (Å²) >= 11 is 0. The van der Waals surface area contributed by atoms with Crippen LogP contribution in [0.3, 0.4) is 0 Å². The Bertz CT molecular complexity index is 963. The molecule has 134 valence electrons. The molecule has 2 aliphatic heterocycles. The van der Waals surface area contributed by atoms with Gasteiger partial charge >= 0.3 is 5.63 Å². The van der Waals surface area contributed by atoms with Crippen LogP contribution >= 0.6 is 0 Å². The van der Waals surface area contributed by atoms with Crippen molar-refractivity contribution in [2.75, 3.05) is 13.2 Å². The van der Waals surface area contributed by atoms with Gasteiger partial charge in [0.15, 0.2) is 5.69 Å². The van der Waals surface area contributed by atoms with Crippen LogP contribution in [0.1, 0.15) is 52.0 Å². The van der Waals surface area contributed by atoms with Crippen LogP contribution in [-0.4, -0.2) is 33.7 Å². The van der Waals surface area contributed by atoms with Gasteiger partial charge in [-0.1, -0.05) is 0 Å². The lowest BCUT2D eigenvalue weighted by molar-refractivity contribution is 0.0692. The molecule has 1 saturated heterocycles. The number of fused-ring (bicyclic) bond motifs is 1. The average molecular weight is 354 g/mol. The minimum Gasteiger partial charge on any atom is -0.424 e. The molecule has 2 aliphatic rings. The van der Waals surface area contributed by atoms with Crippen molar-refractivity contribution in [3.8, 4) is 6.07 Å². The molecule has 2 aromatic rings. The van der Waals surface area contributed by atoms with Crippen LogP contribution in [0.25, 0.3) is 0 Å². The van der Waals surface area contributed by atoms with Crippen molar-refractivity contribution in [2.45, 2.75) is 39.0 Å². The smallest absolute Gasteiger partial charge is 0.349 e. The van der Waals surface area contributed by atoms with Gasteiger partial charge in [-0.05, 0) is 37.5 Å². The Morgan fingerprint density at radius 2 is 2.23 bits per heavy atom. The van der Waals surface area contributed by atoms with Gasteiger partial charge in [-0.25, -0.2) is 4.79 Å². The van der Waals surface area contributed by atoms with Crippen LogP contribution in [0.2, 0.25) is 0 Å². The number of carbonyl (C=O) groups is 1. The van der Waals surface area contributed by atoms with E-state index in [0.29, 0.717) is 43.3 Å². The van der Waals surface area contributed by atoms with Crippen LogP contribution in [0.4, 0.5) is 0 Å². The second-order valence-corrected chi connectivity index (χ2v) is 6.58. The van der Waals surface area contributed by atoms with Crippen molar-refractivity contribution in [2.24, 2.45) is 0 Å². The quantitative estimate of drug-likeness (QED) is 0.810. The van der Waals surface area contributed by atoms with Gasteiger partial charge in [-0.2, -0.15) is 10.4 Å². The van der Waals surface area contributed by atoms with Crippen LogP contribution in [0.5, 0.6) is 0 Å². The first-order valence-corrected chi connectivity index (χ1v) is 8.59. The summed E-state index contributed by atoms with van der Waals surface area (Å²) in [5.41, 5.74) is 1.12. The maximum absolute atomic E-state index is 12.9. The molecule has 1 fully saturated rings. The maximum Gasteiger partial charge on any atom is 0.349 e. The van der Waals surface area contributed by atoms with Gasteiger partial charge in [0.25, 0.3) is 5.91 Å². The monoisotopic (exact) mass is 354 g/mol. The number of nitrogens with zero attached hydrogens (tertiary/aromatic N) is 4. The van der Waals surface area contributed by atoms with Gasteiger partial charge in [0, 0.05) is 13.2 Å². The molecule has 0 bridgehead atoms. The minimum atomic E-state index is -0.628. The third-order valence-corrected chi connectivity index (χ3v) is 4.83. The van der Waals surface area contributed by atoms with E-state index in [-0.39, 0.29) is 17.6 Å². The molecule has 0 saturated carbocycles. The van der Waals surface area contributed by atoms with Crippen molar-refractivity contribution in [3.05, 3.63) is 50.8 Å². The Hall–Kier alpha value is -2.92. The molecule has 4 heterocycles. The van der Waals surface area contributed by atoms with Gasteiger partial charge in [0.2, 0.25) is 0 Å². The molecule has 8 heteroatoms. The molecular formula is C18H18N4O4. The number of aromatic nitrogens is 2. The lowest BCUT2D eigenvalue weighted by Crippen LogP contribution is -2.40. The fourth-order valence-electron chi connectivity index (χ4n) is 3.50. The van der Waals surface area contributed by atoms with Crippen LogP contribution in [0.15, 0.2) is 21.3 Å².